The minimum Gasteiger partial charge on any atom is -0.456 e. The van der Waals surface area contributed by atoms with Crippen molar-refractivity contribution in [2.45, 2.75) is 0 Å². The summed E-state index contributed by atoms with van der Waals surface area (Å²) >= 11 is 0. The molecule has 6 aromatic rings. The normalized spacial score (nSPS) is 11.2. The van der Waals surface area contributed by atoms with Crippen molar-refractivity contribution in [2.24, 2.45) is 0 Å². The zero-order valence-corrected chi connectivity index (χ0v) is 18.3. The fraction of sp³-hybridized carbons (Fsp3) is 0. The highest BCUT2D eigenvalue weighted by atomic mass is 16.4. The Morgan fingerprint density at radius 1 is 0.500 bits per heavy atom. The van der Waals surface area contributed by atoms with Crippen LogP contribution in [0, 0.1) is 0 Å². The zero-order chi connectivity index (χ0) is 23.1. The summed E-state index contributed by atoms with van der Waals surface area (Å²) in [5, 5.41) is 22.3. The molecule has 2 N–H and O–H groups in total. The number of hydrogen-bond acceptors (Lipinski definition) is 3. The average Bonchev–Trinajstić information content (AvgIpc) is 3.26. The molecule has 0 saturated carbocycles. The third kappa shape index (κ3) is 3.50. The Hall–Kier alpha value is -4.12. The maximum absolute atomic E-state index is 10.1. The molecule has 1 aromatic heterocycles. The topological polar surface area (TPSA) is 53.6 Å². The van der Waals surface area contributed by atoms with Gasteiger partial charge in [0, 0.05) is 10.8 Å². The van der Waals surface area contributed by atoms with Crippen LogP contribution in [0.3, 0.4) is 0 Å². The van der Waals surface area contributed by atoms with Crippen LogP contribution < -0.4 is 5.46 Å². The molecule has 0 radical (unpaired) electrons. The van der Waals surface area contributed by atoms with Crippen molar-refractivity contribution in [3.8, 4) is 33.4 Å². The molecule has 0 bridgehead atoms. The summed E-state index contributed by atoms with van der Waals surface area (Å²) in [5.74, 6) is 0. The molecule has 0 saturated heterocycles. The molecule has 0 aliphatic carbocycles. The maximum Gasteiger partial charge on any atom is 0.488 e. The van der Waals surface area contributed by atoms with Gasteiger partial charge in [-0.15, -0.1) is 0 Å². The molecule has 0 unspecified atom stereocenters. The lowest BCUT2D eigenvalue weighted by Crippen LogP contribution is -2.30. The molecule has 4 heteroatoms. The molecular weight excluding hydrogens is 419 g/mol. The molecule has 6 rings (SSSR count). The summed E-state index contributed by atoms with van der Waals surface area (Å²) < 4.78 is 6.19. The van der Waals surface area contributed by atoms with Crippen LogP contribution >= 0.6 is 0 Å². The van der Waals surface area contributed by atoms with Crippen molar-refractivity contribution in [2.75, 3.05) is 0 Å². The summed E-state index contributed by atoms with van der Waals surface area (Å²) in [6, 6.07) is 38.2. The van der Waals surface area contributed by atoms with Gasteiger partial charge >= 0.3 is 7.12 Å². The van der Waals surface area contributed by atoms with E-state index in [4.69, 9.17) is 4.42 Å². The number of benzene rings is 5. The van der Waals surface area contributed by atoms with E-state index in [1.807, 2.05) is 91.0 Å². The number of furan rings is 1. The minimum atomic E-state index is -1.57. The Balaban J connectivity index is 1.69. The minimum absolute atomic E-state index is 0.450. The Labute approximate surface area is 197 Å². The fourth-order valence-electron chi connectivity index (χ4n) is 4.70. The first-order valence-electron chi connectivity index (χ1n) is 11.3. The molecule has 162 valence electrons. The first-order chi connectivity index (χ1) is 16.7. The van der Waals surface area contributed by atoms with E-state index in [-0.39, 0.29) is 0 Å². The highest BCUT2D eigenvalue weighted by molar-refractivity contribution is 6.59. The third-order valence-electron chi connectivity index (χ3n) is 6.30. The lowest BCUT2D eigenvalue weighted by Gasteiger charge is -2.18. The molecule has 0 amide bonds. The lowest BCUT2D eigenvalue weighted by molar-refractivity contribution is 0.426. The fourth-order valence-corrected chi connectivity index (χ4v) is 4.70. The van der Waals surface area contributed by atoms with Crippen LogP contribution in [-0.2, 0) is 0 Å². The lowest BCUT2D eigenvalue weighted by atomic mass is 9.75. The van der Waals surface area contributed by atoms with E-state index in [2.05, 4.69) is 24.3 Å². The Morgan fingerprint density at radius 3 is 1.68 bits per heavy atom. The van der Waals surface area contributed by atoms with Crippen molar-refractivity contribution in [1.29, 1.82) is 0 Å². The molecule has 3 nitrogen and oxygen atoms in total. The van der Waals surface area contributed by atoms with Gasteiger partial charge < -0.3 is 14.5 Å². The van der Waals surface area contributed by atoms with E-state index in [0.29, 0.717) is 5.46 Å². The first-order valence-corrected chi connectivity index (χ1v) is 11.3. The smallest absolute Gasteiger partial charge is 0.456 e. The molecule has 34 heavy (non-hydrogen) atoms. The highest BCUT2D eigenvalue weighted by Gasteiger charge is 2.21. The van der Waals surface area contributed by atoms with E-state index in [9.17, 15) is 10.0 Å². The van der Waals surface area contributed by atoms with E-state index in [1.165, 1.54) is 0 Å². The Morgan fingerprint density at radius 2 is 1.06 bits per heavy atom. The van der Waals surface area contributed by atoms with Gasteiger partial charge in [0.2, 0.25) is 0 Å². The summed E-state index contributed by atoms with van der Waals surface area (Å²) in [6.07, 6.45) is 0. The van der Waals surface area contributed by atoms with Crippen LogP contribution in [0.4, 0.5) is 0 Å². The monoisotopic (exact) mass is 440 g/mol. The van der Waals surface area contributed by atoms with Crippen molar-refractivity contribution in [3.05, 3.63) is 115 Å². The SMILES string of the molecule is OB(O)c1cc(-c2ccccc2)c(-c2ccc3c(c2)oc2ccccc23)c(-c2ccccc2)c1. The van der Waals surface area contributed by atoms with Gasteiger partial charge in [-0.3, -0.25) is 0 Å². The van der Waals surface area contributed by atoms with Crippen LogP contribution in [-0.4, -0.2) is 17.2 Å². The van der Waals surface area contributed by atoms with Crippen LogP contribution in [0.1, 0.15) is 0 Å². The van der Waals surface area contributed by atoms with Crippen molar-refractivity contribution < 1.29 is 14.5 Å². The predicted molar refractivity (Wildman–Crippen MR) is 140 cm³/mol. The van der Waals surface area contributed by atoms with Crippen LogP contribution in [0.15, 0.2) is 120 Å². The summed E-state index contributed by atoms with van der Waals surface area (Å²) in [7, 11) is -1.57. The van der Waals surface area contributed by atoms with Crippen LogP contribution in [0.25, 0.3) is 55.3 Å². The number of hydrogen-bond donors (Lipinski definition) is 2. The van der Waals surface area contributed by atoms with E-state index >= 15 is 0 Å². The van der Waals surface area contributed by atoms with Gasteiger partial charge in [-0.05, 0) is 57.0 Å². The van der Waals surface area contributed by atoms with Crippen LogP contribution in [0.5, 0.6) is 0 Å². The molecular formula is C30H21BO3. The predicted octanol–water partition coefficient (Wildman–Crippen LogP) is 6.27. The van der Waals surface area contributed by atoms with E-state index in [1.54, 1.807) is 0 Å². The summed E-state index contributed by atoms with van der Waals surface area (Å²) in [4.78, 5) is 0. The molecule has 0 atom stereocenters. The average molecular weight is 440 g/mol. The summed E-state index contributed by atoms with van der Waals surface area (Å²) in [5.41, 5.74) is 8.02. The van der Waals surface area contributed by atoms with E-state index in [0.717, 1.165) is 55.3 Å². The van der Waals surface area contributed by atoms with Crippen molar-refractivity contribution in [3.63, 3.8) is 0 Å². The summed E-state index contributed by atoms with van der Waals surface area (Å²) in [6.45, 7) is 0. The zero-order valence-electron chi connectivity index (χ0n) is 18.3. The molecule has 0 aliphatic heterocycles. The van der Waals surface area contributed by atoms with Gasteiger partial charge in [-0.25, -0.2) is 0 Å². The standard InChI is InChI=1S/C30H21BO3/c32-31(33)23-18-26(20-9-3-1-4-10-20)30(27(19-23)21-11-5-2-6-12-21)22-15-16-25-24-13-7-8-14-28(24)34-29(25)17-22/h1-19,32-33H. The second-order valence-electron chi connectivity index (χ2n) is 8.41. The largest absolute Gasteiger partial charge is 0.488 e. The van der Waals surface area contributed by atoms with E-state index < -0.39 is 7.12 Å². The number of para-hydroxylation sites is 1. The van der Waals surface area contributed by atoms with Gasteiger partial charge in [0.15, 0.2) is 0 Å². The number of fused-ring (bicyclic) bond motifs is 3. The van der Waals surface area contributed by atoms with Gasteiger partial charge in [0.05, 0.1) is 0 Å². The van der Waals surface area contributed by atoms with Crippen molar-refractivity contribution in [1.82, 2.24) is 0 Å². The maximum atomic E-state index is 10.1. The Bertz CT molecular complexity index is 1560. The van der Waals surface area contributed by atoms with Crippen molar-refractivity contribution >= 4 is 34.5 Å². The van der Waals surface area contributed by atoms with Gasteiger partial charge in [0.25, 0.3) is 0 Å². The second-order valence-corrected chi connectivity index (χ2v) is 8.41. The van der Waals surface area contributed by atoms with Crippen LogP contribution in [0.2, 0.25) is 0 Å². The molecule has 1 heterocycles. The van der Waals surface area contributed by atoms with Gasteiger partial charge in [-0.2, -0.15) is 0 Å². The Kier molecular flexibility index (Phi) is 5.03. The third-order valence-corrected chi connectivity index (χ3v) is 6.30. The van der Waals surface area contributed by atoms with Gasteiger partial charge in [-0.1, -0.05) is 97.1 Å². The molecule has 0 fully saturated rings. The quantitative estimate of drug-likeness (QED) is 0.318. The number of rotatable bonds is 4. The highest BCUT2D eigenvalue weighted by Crippen LogP contribution is 2.41. The molecule has 0 spiro atoms. The first kappa shape index (κ1) is 20.5. The van der Waals surface area contributed by atoms with Gasteiger partial charge in [0.1, 0.15) is 11.2 Å². The molecule has 0 aliphatic rings. The molecule has 5 aromatic carbocycles. The second kappa shape index (κ2) is 8.34.